The summed E-state index contributed by atoms with van der Waals surface area (Å²) < 4.78 is 11.9. The molecule has 0 aromatic heterocycles. The lowest BCUT2D eigenvalue weighted by atomic mass is 10.2. The number of terminal acetylenes is 1. The Bertz CT molecular complexity index is 427. The third-order valence-electron chi connectivity index (χ3n) is 2.38. The molecule has 1 rings (SSSR count). The van der Waals surface area contributed by atoms with Crippen molar-refractivity contribution in [3.8, 4) is 23.8 Å². The molecule has 0 radical (unpaired) electrons. The highest BCUT2D eigenvalue weighted by atomic mass is 79.9. The summed E-state index contributed by atoms with van der Waals surface area (Å²) in [5.74, 6) is 4.05. The molecule has 4 heteroatoms. The number of ether oxygens (including phenoxy) is 2. The minimum absolute atomic E-state index is 0.588. The van der Waals surface area contributed by atoms with Gasteiger partial charge in [-0.15, -0.1) is 12.3 Å². The quantitative estimate of drug-likeness (QED) is 0.620. The molecule has 0 atom stereocenters. The Morgan fingerprint density at radius 2 is 2.22 bits per heavy atom. The van der Waals surface area contributed by atoms with Crippen LogP contribution in [0.5, 0.6) is 11.5 Å². The maximum absolute atomic E-state index is 5.71. The molecule has 0 saturated carbocycles. The van der Waals surface area contributed by atoms with Crippen molar-refractivity contribution in [1.82, 2.24) is 5.32 Å². The molecule has 3 nitrogen and oxygen atoms in total. The molecule has 98 valence electrons. The number of rotatable bonds is 7. The van der Waals surface area contributed by atoms with Gasteiger partial charge in [0.15, 0.2) is 11.5 Å². The van der Waals surface area contributed by atoms with Crippen molar-refractivity contribution in [2.45, 2.75) is 19.4 Å². The Kier molecular flexibility index (Phi) is 6.63. The minimum atomic E-state index is 0.588. The van der Waals surface area contributed by atoms with Crippen LogP contribution in [-0.2, 0) is 6.54 Å². The summed E-state index contributed by atoms with van der Waals surface area (Å²) in [5.41, 5.74) is 1.14. The molecule has 0 spiro atoms. The Labute approximate surface area is 117 Å². The molecule has 1 aromatic carbocycles. The van der Waals surface area contributed by atoms with Crippen LogP contribution < -0.4 is 14.8 Å². The number of methoxy groups -OCH3 is 1. The average molecular weight is 312 g/mol. The second-order valence-electron chi connectivity index (χ2n) is 3.80. The maximum Gasteiger partial charge on any atom is 0.175 e. The Morgan fingerprint density at radius 1 is 1.44 bits per heavy atom. The van der Waals surface area contributed by atoms with Crippen molar-refractivity contribution in [3.05, 3.63) is 22.2 Å². The number of nitrogens with one attached hydrogen (secondary N) is 1. The lowest BCUT2D eigenvalue weighted by Gasteiger charge is -2.14. The van der Waals surface area contributed by atoms with E-state index < -0.39 is 0 Å². The van der Waals surface area contributed by atoms with E-state index in [1.807, 2.05) is 19.2 Å². The standard InChI is InChI=1S/C14H18BrNO2/c1-4-5-6-7-18-14-12(15)8-11(10-16-2)9-13(14)17-3/h1,8-9,16H,5-7,10H2,2-3H3. The Morgan fingerprint density at radius 3 is 2.83 bits per heavy atom. The topological polar surface area (TPSA) is 30.5 Å². The van der Waals surface area contributed by atoms with Crippen LogP contribution in [-0.4, -0.2) is 20.8 Å². The van der Waals surface area contributed by atoms with Gasteiger partial charge in [-0.25, -0.2) is 0 Å². The van der Waals surface area contributed by atoms with Crippen molar-refractivity contribution < 1.29 is 9.47 Å². The van der Waals surface area contributed by atoms with Crippen molar-refractivity contribution in [2.24, 2.45) is 0 Å². The van der Waals surface area contributed by atoms with Gasteiger partial charge in [0.05, 0.1) is 18.2 Å². The third-order valence-corrected chi connectivity index (χ3v) is 2.97. The van der Waals surface area contributed by atoms with Gasteiger partial charge in [-0.1, -0.05) is 0 Å². The van der Waals surface area contributed by atoms with Crippen LogP contribution in [0.4, 0.5) is 0 Å². The van der Waals surface area contributed by atoms with Gasteiger partial charge >= 0.3 is 0 Å². The fourth-order valence-electron chi connectivity index (χ4n) is 1.57. The molecule has 0 aliphatic rings. The number of hydrogen-bond acceptors (Lipinski definition) is 3. The van der Waals surface area contributed by atoms with Crippen LogP contribution in [0.1, 0.15) is 18.4 Å². The van der Waals surface area contributed by atoms with Gasteiger partial charge in [-0.3, -0.25) is 0 Å². The summed E-state index contributed by atoms with van der Waals surface area (Å²) in [6, 6.07) is 3.99. The van der Waals surface area contributed by atoms with E-state index >= 15 is 0 Å². The summed E-state index contributed by atoms with van der Waals surface area (Å²) in [6.45, 7) is 1.37. The summed E-state index contributed by atoms with van der Waals surface area (Å²) in [5, 5.41) is 3.10. The molecule has 0 aliphatic heterocycles. The predicted octanol–water partition coefficient (Wildman–Crippen LogP) is 2.97. The molecule has 0 amide bonds. The first kappa shape index (κ1) is 14.9. The molecular weight excluding hydrogens is 294 g/mol. The van der Waals surface area contributed by atoms with Crippen LogP contribution in [0, 0.1) is 12.3 Å². The molecule has 1 N–H and O–H groups in total. The SMILES string of the molecule is C#CCCCOc1c(Br)cc(CNC)cc1OC. The number of benzene rings is 1. The highest BCUT2D eigenvalue weighted by Crippen LogP contribution is 2.36. The first-order valence-corrected chi connectivity index (χ1v) is 6.59. The van der Waals surface area contributed by atoms with Crippen LogP contribution in [0.15, 0.2) is 16.6 Å². The highest BCUT2D eigenvalue weighted by Gasteiger charge is 2.11. The predicted molar refractivity (Wildman–Crippen MR) is 77.0 cm³/mol. The highest BCUT2D eigenvalue weighted by molar-refractivity contribution is 9.10. The van der Waals surface area contributed by atoms with Crippen LogP contribution >= 0.6 is 15.9 Å². The maximum atomic E-state index is 5.71. The van der Waals surface area contributed by atoms with Gasteiger partial charge in [-0.2, -0.15) is 0 Å². The molecule has 0 heterocycles. The summed E-state index contributed by atoms with van der Waals surface area (Å²) in [4.78, 5) is 0. The van der Waals surface area contributed by atoms with E-state index in [0.717, 1.165) is 40.9 Å². The lowest BCUT2D eigenvalue weighted by Crippen LogP contribution is -2.06. The van der Waals surface area contributed by atoms with Crippen LogP contribution in [0.3, 0.4) is 0 Å². The molecule has 0 bridgehead atoms. The van der Waals surface area contributed by atoms with Crippen molar-refractivity contribution in [2.75, 3.05) is 20.8 Å². The molecule has 0 unspecified atom stereocenters. The Hall–Kier alpha value is -1.18. The first-order chi connectivity index (χ1) is 8.72. The Balaban J connectivity index is 2.80. The molecule has 0 aliphatic carbocycles. The van der Waals surface area contributed by atoms with E-state index in [9.17, 15) is 0 Å². The third kappa shape index (κ3) is 4.25. The molecule has 0 saturated heterocycles. The van der Waals surface area contributed by atoms with E-state index in [0.29, 0.717) is 6.61 Å². The van der Waals surface area contributed by atoms with Gasteiger partial charge in [-0.05, 0) is 47.1 Å². The second kappa shape index (κ2) is 8.02. The first-order valence-electron chi connectivity index (χ1n) is 5.80. The number of hydrogen-bond donors (Lipinski definition) is 1. The van der Waals surface area contributed by atoms with Crippen molar-refractivity contribution >= 4 is 15.9 Å². The van der Waals surface area contributed by atoms with E-state index in [2.05, 4.69) is 27.2 Å². The van der Waals surface area contributed by atoms with E-state index in [-0.39, 0.29) is 0 Å². The average Bonchev–Trinajstić information content (AvgIpc) is 2.36. The smallest absolute Gasteiger partial charge is 0.175 e. The fourth-order valence-corrected chi connectivity index (χ4v) is 2.17. The molecule has 0 fully saturated rings. The molecular formula is C14H18BrNO2. The van der Waals surface area contributed by atoms with Gasteiger partial charge in [0.2, 0.25) is 0 Å². The van der Waals surface area contributed by atoms with Crippen molar-refractivity contribution in [1.29, 1.82) is 0 Å². The van der Waals surface area contributed by atoms with Gasteiger partial charge in [0, 0.05) is 13.0 Å². The van der Waals surface area contributed by atoms with Gasteiger partial charge in [0.25, 0.3) is 0 Å². The van der Waals surface area contributed by atoms with Crippen LogP contribution in [0.25, 0.3) is 0 Å². The van der Waals surface area contributed by atoms with Crippen molar-refractivity contribution in [3.63, 3.8) is 0 Å². The van der Waals surface area contributed by atoms with E-state index in [1.165, 1.54) is 0 Å². The van der Waals surface area contributed by atoms with Gasteiger partial charge < -0.3 is 14.8 Å². The minimum Gasteiger partial charge on any atom is -0.493 e. The normalized spacial score (nSPS) is 9.89. The zero-order chi connectivity index (χ0) is 13.4. The summed E-state index contributed by atoms with van der Waals surface area (Å²) >= 11 is 3.50. The number of halogens is 1. The molecule has 1 aromatic rings. The fraction of sp³-hybridized carbons (Fsp3) is 0.429. The largest absolute Gasteiger partial charge is 0.493 e. The van der Waals surface area contributed by atoms with Gasteiger partial charge in [0.1, 0.15) is 0 Å². The van der Waals surface area contributed by atoms with E-state index in [4.69, 9.17) is 15.9 Å². The summed E-state index contributed by atoms with van der Waals surface area (Å²) in [6.07, 6.45) is 6.76. The van der Waals surface area contributed by atoms with Crippen LogP contribution in [0.2, 0.25) is 0 Å². The van der Waals surface area contributed by atoms with E-state index in [1.54, 1.807) is 7.11 Å². The summed E-state index contributed by atoms with van der Waals surface area (Å²) in [7, 11) is 3.55. The number of unbranched alkanes of at least 4 members (excludes halogenated alkanes) is 1. The molecule has 18 heavy (non-hydrogen) atoms. The zero-order valence-corrected chi connectivity index (χ0v) is 12.3. The monoisotopic (exact) mass is 311 g/mol. The second-order valence-corrected chi connectivity index (χ2v) is 4.65. The zero-order valence-electron chi connectivity index (χ0n) is 10.8. The lowest BCUT2D eigenvalue weighted by molar-refractivity contribution is 0.289.